The summed E-state index contributed by atoms with van der Waals surface area (Å²) in [6, 6.07) is 8.93. The van der Waals surface area contributed by atoms with Gasteiger partial charge in [-0.2, -0.15) is 4.98 Å². The van der Waals surface area contributed by atoms with Crippen LogP contribution in [-0.4, -0.2) is 66.1 Å². The number of aromatic nitrogens is 1. The maximum Gasteiger partial charge on any atom is 0.296 e. The van der Waals surface area contributed by atoms with Gasteiger partial charge >= 0.3 is 0 Å². The Morgan fingerprint density at radius 3 is 2.88 bits per heavy atom. The third kappa shape index (κ3) is 4.96. The van der Waals surface area contributed by atoms with Crippen molar-refractivity contribution >= 4 is 34.6 Å². The zero-order valence-corrected chi connectivity index (χ0v) is 19.9. The third-order valence-electron chi connectivity index (χ3n) is 5.76. The molecule has 8 nitrogen and oxygen atoms in total. The van der Waals surface area contributed by atoms with Gasteiger partial charge in [-0.1, -0.05) is 23.7 Å². The average molecular weight is 492 g/mol. The lowest BCUT2D eigenvalue weighted by atomic mass is 10.0. The summed E-state index contributed by atoms with van der Waals surface area (Å²) in [6.07, 6.45) is 0. The average Bonchev–Trinajstić information content (AvgIpc) is 3.23. The molecule has 182 valence electrons. The van der Waals surface area contributed by atoms with Crippen LogP contribution in [0.4, 0.5) is 10.4 Å². The van der Waals surface area contributed by atoms with Crippen molar-refractivity contribution < 1.29 is 28.2 Å². The quantitative estimate of drug-likeness (QED) is 0.510. The second-order valence-corrected chi connectivity index (χ2v) is 9.23. The van der Waals surface area contributed by atoms with Gasteiger partial charge in [0.1, 0.15) is 12.2 Å². The summed E-state index contributed by atoms with van der Waals surface area (Å²) < 4.78 is 30.8. The van der Waals surface area contributed by atoms with Gasteiger partial charge in [0.25, 0.3) is 11.9 Å². The van der Waals surface area contributed by atoms with E-state index >= 15 is 0 Å². The molecule has 0 saturated carbocycles. The first-order valence-electron chi connectivity index (χ1n) is 10.9. The number of ether oxygens (including phenoxy) is 2. The lowest BCUT2D eigenvalue weighted by molar-refractivity contribution is -0.110. The number of hydrogen-bond donors (Lipinski definition) is 2. The normalized spacial score (nSPS) is 18.6. The topological polar surface area (TPSA) is 97.1 Å². The van der Waals surface area contributed by atoms with Crippen LogP contribution >= 0.6 is 11.6 Å². The Morgan fingerprint density at radius 1 is 1.41 bits per heavy atom. The number of nitrogens with zero attached hydrogens (tertiary/aromatic N) is 2. The van der Waals surface area contributed by atoms with Crippen LogP contribution in [0.25, 0.3) is 11.1 Å². The van der Waals surface area contributed by atoms with E-state index < -0.39 is 24.4 Å². The predicted octanol–water partition coefficient (Wildman–Crippen LogP) is 4.22. The number of nitrogens with one attached hydrogen (secondary N) is 1. The van der Waals surface area contributed by atoms with Gasteiger partial charge < -0.3 is 29.2 Å². The van der Waals surface area contributed by atoms with E-state index in [1.54, 1.807) is 41.3 Å². The highest BCUT2D eigenvalue weighted by Crippen LogP contribution is 2.33. The van der Waals surface area contributed by atoms with Crippen LogP contribution < -0.4 is 10.1 Å². The van der Waals surface area contributed by atoms with Crippen LogP contribution in [-0.2, 0) is 4.74 Å². The summed E-state index contributed by atoms with van der Waals surface area (Å²) in [6.45, 7) is 3.41. The molecule has 10 heteroatoms. The molecule has 1 aliphatic rings. The molecule has 0 bridgehead atoms. The number of anilines is 1. The van der Waals surface area contributed by atoms with Gasteiger partial charge in [-0.15, -0.1) is 0 Å². The van der Waals surface area contributed by atoms with Gasteiger partial charge in [0.2, 0.25) is 0 Å². The second-order valence-electron chi connectivity index (χ2n) is 8.79. The third-order valence-corrected chi connectivity index (χ3v) is 5.99. The number of hydrogen-bond acceptors (Lipinski definition) is 7. The Labute approximate surface area is 201 Å². The van der Waals surface area contributed by atoms with E-state index in [4.69, 9.17) is 25.5 Å². The maximum atomic E-state index is 13.8. The van der Waals surface area contributed by atoms with Crippen LogP contribution in [0.1, 0.15) is 35.8 Å². The minimum absolute atomic E-state index is 0.0845. The number of amides is 1. The molecule has 0 radical (unpaired) electrons. The minimum atomic E-state index is -0.722. The van der Waals surface area contributed by atoms with Crippen molar-refractivity contribution in [1.29, 1.82) is 0 Å². The van der Waals surface area contributed by atoms with Crippen LogP contribution in [0.2, 0.25) is 5.02 Å². The first-order chi connectivity index (χ1) is 16.2. The number of methoxy groups -OCH3 is 1. The number of rotatable bonds is 7. The molecule has 2 heterocycles. The van der Waals surface area contributed by atoms with Gasteiger partial charge in [0.15, 0.2) is 11.3 Å². The molecule has 2 atom stereocenters. The number of benzene rings is 2. The number of carbonyl (C=O) groups is 1. The van der Waals surface area contributed by atoms with Gasteiger partial charge in [-0.3, -0.25) is 4.79 Å². The largest absolute Gasteiger partial charge is 0.493 e. The standard InChI is InChI=1S/C24H27ClFN3O5/c1-24(2)13-29(17(11-30)12-33-24)22(31)15-8-18-21(20(9-15)32-3)34-23(27-18)28-19(10-26)14-5-4-6-16(25)7-14/h4-9,17,19,30H,10-13H2,1-3H3,(H,27,28). The lowest BCUT2D eigenvalue weighted by Crippen LogP contribution is -2.57. The van der Waals surface area contributed by atoms with E-state index in [0.717, 1.165) is 0 Å². The summed E-state index contributed by atoms with van der Waals surface area (Å²) >= 11 is 6.04. The molecule has 1 fully saturated rings. The molecule has 2 N–H and O–H groups in total. The molecule has 1 aliphatic heterocycles. The van der Waals surface area contributed by atoms with Crippen molar-refractivity contribution in [3.63, 3.8) is 0 Å². The Morgan fingerprint density at radius 2 is 2.21 bits per heavy atom. The number of aliphatic hydroxyl groups excluding tert-OH is 1. The molecule has 1 aromatic heterocycles. The van der Waals surface area contributed by atoms with Crippen LogP contribution in [0, 0.1) is 0 Å². The molecule has 34 heavy (non-hydrogen) atoms. The molecule has 0 aliphatic carbocycles. The van der Waals surface area contributed by atoms with Crippen molar-refractivity contribution in [2.45, 2.75) is 31.5 Å². The number of aliphatic hydroxyl groups is 1. The van der Waals surface area contributed by atoms with Crippen LogP contribution in [0.15, 0.2) is 40.8 Å². The van der Waals surface area contributed by atoms with Crippen molar-refractivity contribution in [1.82, 2.24) is 9.88 Å². The summed E-state index contributed by atoms with van der Waals surface area (Å²) in [5.41, 5.74) is 1.14. The molecular weight excluding hydrogens is 465 g/mol. The second kappa shape index (κ2) is 9.77. The summed E-state index contributed by atoms with van der Waals surface area (Å²) in [5, 5.41) is 13.2. The van der Waals surface area contributed by atoms with E-state index in [-0.39, 0.29) is 25.1 Å². The molecule has 4 rings (SSSR count). The highest BCUT2D eigenvalue weighted by atomic mass is 35.5. The fourth-order valence-electron chi connectivity index (χ4n) is 3.97. The molecule has 2 aromatic carbocycles. The van der Waals surface area contributed by atoms with Crippen molar-refractivity contribution in [2.24, 2.45) is 0 Å². The zero-order chi connectivity index (χ0) is 24.5. The monoisotopic (exact) mass is 491 g/mol. The first-order valence-corrected chi connectivity index (χ1v) is 11.2. The van der Waals surface area contributed by atoms with Crippen molar-refractivity contribution in [3.8, 4) is 5.75 Å². The molecule has 3 aromatic rings. The summed E-state index contributed by atoms with van der Waals surface area (Å²) in [4.78, 5) is 19.4. The highest BCUT2D eigenvalue weighted by Gasteiger charge is 2.37. The van der Waals surface area contributed by atoms with Crippen molar-refractivity contribution in [2.75, 3.05) is 38.9 Å². The van der Waals surface area contributed by atoms with E-state index in [0.29, 0.717) is 39.5 Å². The first kappa shape index (κ1) is 24.3. The summed E-state index contributed by atoms with van der Waals surface area (Å²) in [7, 11) is 1.46. The number of fused-ring (bicyclic) bond motifs is 1. The maximum absolute atomic E-state index is 13.8. The van der Waals surface area contributed by atoms with E-state index in [2.05, 4.69) is 10.3 Å². The number of alkyl halides is 1. The molecule has 2 unspecified atom stereocenters. The van der Waals surface area contributed by atoms with Crippen LogP contribution in [0.5, 0.6) is 5.75 Å². The SMILES string of the molecule is COc1cc(C(=O)N2CC(C)(C)OCC2CO)cc2nc(NC(CF)c3cccc(Cl)c3)oc12. The Kier molecular flexibility index (Phi) is 6.97. The predicted molar refractivity (Wildman–Crippen MR) is 126 cm³/mol. The van der Waals surface area contributed by atoms with E-state index in [9.17, 15) is 14.3 Å². The van der Waals surface area contributed by atoms with Gasteiger partial charge in [-0.25, -0.2) is 4.39 Å². The fraction of sp³-hybridized carbons (Fsp3) is 0.417. The van der Waals surface area contributed by atoms with E-state index in [1.807, 2.05) is 13.8 Å². The fourth-order valence-corrected chi connectivity index (χ4v) is 4.17. The molecule has 1 saturated heterocycles. The molecule has 0 spiro atoms. The Balaban J connectivity index is 1.65. The highest BCUT2D eigenvalue weighted by molar-refractivity contribution is 6.30. The van der Waals surface area contributed by atoms with Crippen LogP contribution in [0.3, 0.4) is 0 Å². The van der Waals surface area contributed by atoms with E-state index in [1.165, 1.54) is 7.11 Å². The lowest BCUT2D eigenvalue weighted by Gasteiger charge is -2.43. The smallest absolute Gasteiger partial charge is 0.296 e. The van der Waals surface area contributed by atoms with Crippen molar-refractivity contribution in [3.05, 3.63) is 52.5 Å². The summed E-state index contributed by atoms with van der Waals surface area (Å²) in [5.74, 6) is 0.0303. The number of halogens is 2. The minimum Gasteiger partial charge on any atom is -0.493 e. The Bertz CT molecular complexity index is 1180. The number of oxazole rings is 1. The van der Waals surface area contributed by atoms with Gasteiger partial charge in [-0.05, 0) is 43.7 Å². The van der Waals surface area contributed by atoms with Gasteiger partial charge in [0, 0.05) is 17.1 Å². The van der Waals surface area contributed by atoms with Gasteiger partial charge in [0.05, 0.1) is 38.0 Å². The zero-order valence-electron chi connectivity index (χ0n) is 19.2. The molecular formula is C24H27ClFN3O5. The molecule has 1 amide bonds. The Hall–Kier alpha value is -2.88. The number of morpholine rings is 1. The number of carbonyl (C=O) groups excluding carboxylic acids is 1.